The van der Waals surface area contributed by atoms with Crippen molar-refractivity contribution in [1.82, 2.24) is 15.3 Å². The summed E-state index contributed by atoms with van der Waals surface area (Å²) < 4.78 is 16.9. The lowest BCUT2D eigenvalue weighted by Crippen LogP contribution is -2.41. The van der Waals surface area contributed by atoms with Crippen LogP contribution < -0.4 is 14.8 Å². The number of hydrogen-bond donors (Lipinski definition) is 1. The molecule has 1 aliphatic carbocycles. The zero-order chi connectivity index (χ0) is 21.3. The van der Waals surface area contributed by atoms with Crippen molar-refractivity contribution in [3.8, 4) is 11.6 Å². The van der Waals surface area contributed by atoms with Gasteiger partial charge >= 0.3 is 6.09 Å². The predicted octanol–water partition coefficient (Wildman–Crippen LogP) is 4.42. The van der Waals surface area contributed by atoms with Crippen molar-refractivity contribution in [1.29, 1.82) is 0 Å². The molecule has 0 bridgehead atoms. The molecule has 1 amide bonds. The van der Waals surface area contributed by atoms with E-state index in [0.717, 1.165) is 60.9 Å². The molecule has 2 aromatic heterocycles. The van der Waals surface area contributed by atoms with E-state index >= 15 is 0 Å². The van der Waals surface area contributed by atoms with Gasteiger partial charge in [-0.2, -0.15) is 0 Å². The first-order chi connectivity index (χ1) is 14.3. The number of ether oxygens (including phenoxy) is 3. The number of methoxy groups -OCH3 is 1. The molecule has 0 spiro atoms. The van der Waals surface area contributed by atoms with Gasteiger partial charge in [-0.3, -0.25) is 4.98 Å². The van der Waals surface area contributed by atoms with Crippen LogP contribution in [0.25, 0.3) is 11.0 Å². The van der Waals surface area contributed by atoms with Crippen molar-refractivity contribution in [2.45, 2.75) is 77.0 Å². The van der Waals surface area contributed by atoms with E-state index in [-0.39, 0.29) is 18.2 Å². The van der Waals surface area contributed by atoms with Gasteiger partial charge in [-0.15, -0.1) is 0 Å². The molecule has 7 heteroatoms. The van der Waals surface area contributed by atoms with Crippen LogP contribution in [0.3, 0.4) is 0 Å². The van der Waals surface area contributed by atoms with Crippen molar-refractivity contribution >= 4 is 17.1 Å². The van der Waals surface area contributed by atoms with Gasteiger partial charge < -0.3 is 19.5 Å². The first-order valence-electron chi connectivity index (χ1n) is 10.8. The van der Waals surface area contributed by atoms with E-state index in [2.05, 4.69) is 15.3 Å². The maximum Gasteiger partial charge on any atom is 0.407 e. The van der Waals surface area contributed by atoms with Crippen LogP contribution in [0.4, 0.5) is 4.79 Å². The largest absolute Gasteiger partial charge is 0.488 e. The highest BCUT2D eigenvalue weighted by molar-refractivity contribution is 5.81. The first-order valence-corrected chi connectivity index (χ1v) is 10.8. The Kier molecular flexibility index (Phi) is 5.71. The van der Waals surface area contributed by atoms with Crippen LogP contribution in [0.5, 0.6) is 11.6 Å². The van der Waals surface area contributed by atoms with Crippen molar-refractivity contribution in [3.63, 3.8) is 0 Å². The van der Waals surface area contributed by atoms with Crippen molar-refractivity contribution in [2.75, 3.05) is 7.11 Å². The smallest absolute Gasteiger partial charge is 0.407 e. The van der Waals surface area contributed by atoms with Gasteiger partial charge in [0.1, 0.15) is 17.5 Å². The van der Waals surface area contributed by atoms with Gasteiger partial charge in [0.15, 0.2) is 0 Å². The molecule has 1 saturated carbocycles. The van der Waals surface area contributed by atoms with Gasteiger partial charge in [-0.1, -0.05) is 0 Å². The Bertz CT molecular complexity index is 917. The maximum atomic E-state index is 12.0. The summed E-state index contributed by atoms with van der Waals surface area (Å²) >= 11 is 0. The van der Waals surface area contributed by atoms with Crippen LogP contribution >= 0.6 is 0 Å². The van der Waals surface area contributed by atoms with E-state index in [0.29, 0.717) is 11.8 Å². The van der Waals surface area contributed by atoms with Crippen molar-refractivity contribution in [3.05, 3.63) is 23.9 Å². The first kappa shape index (κ1) is 20.7. The van der Waals surface area contributed by atoms with Crippen LogP contribution in [0.1, 0.15) is 58.4 Å². The summed E-state index contributed by atoms with van der Waals surface area (Å²) in [6.07, 6.45) is 7.64. The molecule has 162 valence electrons. The highest BCUT2D eigenvalue weighted by atomic mass is 16.6. The number of nitrogens with zero attached hydrogens (tertiary/aromatic N) is 2. The monoisotopic (exact) mass is 413 g/mol. The van der Waals surface area contributed by atoms with E-state index < -0.39 is 5.60 Å². The fourth-order valence-electron chi connectivity index (χ4n) is 4.46. The van der Waals surface area contributed by atoms with Crippen LogP contribution in [-0.2, 0) is 11.2 Å². The number of hydrogen-bond acceptors (Lipinski definition) is 6. The number of pyridine rings is 2. The average molecular weight is 414 g/mol. The van der Waals surface area contributed by atoms with E-state index in [4.69, 9.17) is 14.2 Å². The third-order valence-corrected chi connectivity index (χ3v) is 5.85. The average Bonchev–Trinajstić information content (AvgIpc) is 3.10. The summed E-state index contributed by atoms with van der Waals surface area (Å²) in [5.74, 6) is 2.04. The Morgan fingerprint density at radius 1 is 1.23 bits per heavy atom. The maximum absolute atomic E-state index is 12.0. The van der Waals surface area contributed by atoms with Crippen LogP contribution in [0.15, 0.2) is 18.3 Å². The molecule has 1 fully saturated rings. The zero-order valence-corrected chi connectivity index (χ0v) is 18.2. The standard InChI is InChI=1S/C23H31N3O4/c1-23(2,3)30-22(27)25-15-7-5-14(6-8-15)11-16-12-17-19(29-16)13-24-18-9-10-20(28-4)26-21(17)18/h9-10,13-16H,5-8,11-12H2,1-4H3,(H,25,27). The Labute approximate surface area is 177 Å². The third-order valence-electron chi connectivity index (χ3n) is 5.85. The number of alkyl carbamates (subject to hydrolysis) is 1. The predicted molar refractivity (Wildman–Crippen MR) is 114 cm³/mol. The Morgan fingerprint density at radius 2 is 2.00 bits per heavy atom. The molecule has 4 rings (SSSR count). The minimum atomic E-state index is -0.464. The second-order valence-corrected chi connectivity index (χ2v) is 9.37. The molecule has 0 saturated heterocycles. The molecule has 0 radical (unpaired) electrons. The fourth-order valence-corrected chi connectivity index (χ4v) is 4.46. The minimum absolute atomic E-state index is 0.153. The Morgan fingerprint density at radius 3 is 2.70 bits per heavy atom. The van der Waals surface area contributed by atoms with Crippen molar-refractivity contribution in [2.24, 2.45) is 5.92 Å². The normalized spacial score (nSPS) is 23.5. The van der Waals surface area contributed by atoms with Gasteiger partial charge in [0.25, 0.3) is 0 Å². The van der Waals surface area contributed by atoms with E-state index in [1.165, 1.54) is 0 Å². The van der Waals surface area contributed by atoms with E-state index in [1.54, 1.807) is 7.11 Å². The summed E-state index contributed by atoms with van der Waals surface area (Å²) in [5, 5.41) is 3.01. The van der Waals surface area contributed by atoms with E-state index in [9.17, 15) is 4.79 Å². The molecule has 2 aromatic rings. The molecule has 1 unspecified atom stereocenters. The van der Waals surface area contributed by atoms with Gasteiger partial charge in [0.2, 0.25) is 5.88 Å². The highest BCUT2D eigenvalue weighted by Gasteiger charge is 2.31. The number of carbonyl (C=O) groups is 1. The van der Waals surface area contributed by atoms with Crippen molar-refractivity contribution < 1.29 is 19.0 Å². The fraction of sp³-hybridized carbons (Fsp3) is 0.609. The summed E-state index contributed by atoms with van der Waals surface area (Å²) in [6, 6.07) is 3.97. The number of nitrogens with one attached hydrogen (secondary N) is 1. The lowest BCUT2D eigenvalue weighted by atomic mass is 9.82. The van der Waals surface area contributed by atoms with Crippen LogP contribution in [0, 0.1) is 5.92 Å². The van der Waals surface area contributed by atoms with Gasteiger partial charge in [0.05, 0.1) is 24.3 Å². The SMILES string of the molecule is COc1ccc2ncc3c(c2n1)CC(CC1CCC(NC(=O)OC(C)(C)C)CC1)O3. The topological polar surface area (TPSA) is 82.6 Å². The molecule has 1 aliphatic heterocycles. The lowest BCUT2D eigenvalue weighted by molar-refractivity contribution is 0.0483. The second-order valence-electron chi connectivity index (χ2n) is 9.37. The third kappa shape index (κ3) is 4.77. The van der Waals surface area contributed by atoms with Crippen LogP contribution in [0.2, 0.25) is 0 Å². The number of amides is 1. The summed E-state index contributed by atoms with van der Waals surface area (Å²) in [7, 11) is 1.62. The molecule has 30 heavy (non-hydrogen) atoms. The van der Waals surface area contributed by atoms with Gasteiger partial charge in [-0.05, 0) is 64.9 Å². The molecule has 0 aromatic carbocycles. The quantitative estimate of drug-likeness (QED) is 0.799. The number of aromatic nitrogens is 2. The lowest BCUT2D eigenvalue weighted by Gasteiger charge is -2.31. The van der Waals surface area contributed by atoms with E-state index in [1.807, 2.05) is 39.1 Å². The van der Waals surface area contributed by atoms with Gasteiger partial charge in [0, 0.05) is 24.1 Å². The molecule has 3 heterocycles. The molecular weight excluding hydrogens is 382 g/mol. The zero-order valence-electron chi connectivity index (χ0n) is 18.2. The summed E-state index contributed by atoms with van der Waals surface area (Å²) in [5.41, 5.74) is 2.41. The number of carbonyl (C=O) groups excluding carboxylic acids is 1. The van der Waals surface area contributed by atoms with Gasteiger partial charge in [-0.25, -0.2) is 9.78 Å². The second kappa shape index (κ2) is 8.28. The molecule has 1 N–H and O–H groups in total. The molecule has 1 atom stereocenters. The Balaban J connectivity index is 1.31. The molecule has 7 nitrogen and oxygen atoms in total. The highest BCUT2D eigenvalue weighted by Crippen LogP contribution is 2.37. The van der Waals surface area contributed by atoms with Crippen LogP contribution in [-0.4, -0.2) is 40.9 Å². The summed E-state index contributed by atoms with van der Waals surface area (Å²) in [4.78, 5) is 21.1. The molecular formula is C23H31N3O4. The molecule has 2 aliphatic rings. The Hall–Kier alpha value is -2.57. The minimum Gasteiger partial charge on any atom is -0.488 e. The summed E-state index contributed by atoms with van der Waals surface area (Å²) in [6.45, 7) is 5.65. The number of rotatable bonds is 4. The number of fused-ring (bicyclic) bond motifs is 3.